The number of anilines is 2. The van der Waals surface area contributed by atoms with Crippen molar-refractivity contribution in [2.75, 3.05) is 29.6 Å². The summed E-state index contributed by atoms with van der Waals surface area (Å²) >= 11 is 1.32. The Morgan fingerprint density at radius 1 is 0.973 bits per heavy atom. The quantitative estimate of drug-likeness (QED) is 0.302. The van der Waals surface area contributed by atoms with Crippen LogP contribution in [-0.2, 0) is 26.1 Å². The maximum atomic E-state index is 12.4. The average Bonchev–Trinajstić information content (AvgIpc) is 3.30. The van der Waals surface area contributed by atoms with Crippen LogP contribution in [0.15, 0.2) is 72.8 Å². The molecular weight excluding hydrogens is 512 g/mol. The van der Waals surface area contributed by atoms with Gasteiger partial charge in [-0.05, 0) is 66.4 Å². The van der Waals surface area contributed by atoms with Gasteiger partial charge in [0.25, 0.3) is 5.91 Å². The third kappa shape index (κ3) is 6.66. The molecule has 0 aliphatic heterocycles. The normalized spacial score (nSPS) is 11.2. The predicted octanol–water partition coefficient (Wildman–Crippen LogP) is 4.98. The van der Waals surface area contributed by atoms with Crippen LogP contribution < -0.4 is 14.4 Å². The van der Waals surface area contributed by atoms with Crippen molar-refractivity contribution in [3.63, 3.8) is 0 Å². The topological polar surface area (TPSA) is 102 Å². The lowest BCUT2D eigenvalue weighted by molar-refractivity contribution is -0.118. The molecule has 4 rings (SSSR count). The Morgan fingerprint density at radius 3 is 2.32 bits per heavy atom. The molecule has 0 unspecified atom stereocenters. The molecule has 1 aromatic heterocycles. The van der Waals surface area contributed by atoms with Crippen LogP contribution in [0.5, 0.6) is 5.75 Å². The Hall–Kier alpha value is -3.89. The van der Waals surface area contributed by atoms with E-state index in [1.54, 1.807) is 42.5 Å². The first-order valence-electron chi connectivity index (χ1n) is 11.3. The summed E-state index contributed by atoms with van der Waals surface area (Å²) in [5, 5.41) is 3.59. The van der Waals surface area contributed by atoms with Crippen molar-refractivity contribution in [1.82, 2.24) is 0 Å². The van der Waals surface area contributed by atoms with Crippen LogP contribution in [0.3, 0.4) is 0 Å². The Kier molecular flexibility index (Phi) is 7.80. The van der Waals surface area contributed by atoms with Gasteiger partial charge in [-0.3, -0.25) is 9.10 Å². The lowest BCUT2D eigenvalue weighted by atomic mass is 10.1. The first-order valence-corrected chi connectivity index (χ1v) is 14.0. The monoisotopic (exact) mass is 538 g/mol. The summed E-state index contributed by atoms with van der Waals surface area (Å²) in [7, 11) is -2.18. The summed E-state index contributed by atoms with van der Waals surface area (Å²) in [6, 6.07) is 21.3. The van der Waals surface area contributed by atoms with Gasteiger partial charge in [-0.1, -0.05) is 29.8 Å². The largest absolute Gasteiger partial charge is 0.484 e. The number of hydrogen-bond acceptors (Lipinski definition) is 7. The first-order chi connectivity index (χ1) is 17.6. The lowest BCUT2D eigenvalue weighted by Gasteiger charge is -2.23. The molecule has 0 bridgehead atoms. The smallest absolute Gasteiger partial charge is 0.348 e. The van der Waals surface area contributed by atoms with Crippen LogP contribution in [0.25, 0.3) is 10.1 Å². The second-order valence-electron chi connectivity index (χ2n) is 8.44. The molecule has 1 heterocycles. The van der Waals surface area contributed by atoms with Gasteiger partial charge in [0.1, 0.15) is 10.6 Å². The van der Waals surface area contributed by atoms with Gasteiger partial charge in [0, 0.05) is 10.4 Å². The van der Waals surface area contributed by atoms with Crippen LogP contribution in [0.2, 0.25) is 0 Å². The van der Waals surface area contributed by atoms with Crippen molar-refractivity contribution < 1.29 is 27.5 Å². The second kappa shape index (κ2) is 11.0. The maximum Gasteiger partial charge on any atom is 0.348 e. The number of carbonyl (C=O) groups excluding carboxylic acids is 2. The summed E-state index contributed by atoms with van der Waals surface area (Å²) < 4.78 is 37.4. The van der Waals surface area contributed by atoms with E-state index in [1.807, 2.05) is 37.3 Å². The number of nitrogens with one attached hydrogen (secondary N) is 1. The third-order valence-electron chi connectivity index (χ3n) is 5.53. The molecule has 4 aromatic rings. The number of thiophene rings is 1. The highest BCUT2D eigenvalue weighted by Gasteiger charge is 2.18. The van der Waals surface area contributed by atoms with Crippen LogP contribution in [0.4, 0.5) is 11.4 Å². The Balaban J connectivity index is 1.37. The van der Waals surface area contributed by atoms with Gasteiger partial charge in [-0.25, -0.2) is 13.2 Å². The minimum Gasteiger partial charge on any atom is -0.484 e. The molecule has 0 fully saturated rings. The van der Waals surface area contributed by atoms with Crippen LogP contribution in [0, 0.1) is 6.92 Å². The molecule has 1 amide bonds. The SMILES string of the molecule is COC(=O)c1cc2cc(NC(=O)COc3ccc(N(Cc4ccc(C)cc4)S(C)(=O)=O)cc3)ccc2s1. The lowest BCUT2D eigenvalue weighted by Crippen LogP contribution is -2.29. The molecule has 0 radical (unpaired) electrons. The van der Waals surface area contributed by atoms with Gasteiger partial charge >= 0.3 is 5.97 Å². The number of ether oxygens (including phenoxy) is 2. The third-order valence-corrected chi connectivity index (χ3v) is 7.77. The molecule has 0 saturated heterocycles. The van der Waals surface area contributed by atoms with E-state index in [-0.39, 0.29) is 19.1 Å². The van der Waals surface area contributed by atoms with E-state index in [4.69, 9.17) is 9.47 Å². The molecule has 8 nitrogen and oxygen atoms in total. The summed E-state index contributed by atoms with van der Waals surface area (Å²) in [5.41, 5.74) is 3.04. The molecule has 37 heavy (non-hydrogen) atoms. The maximum absolute atomic E-state index is 12.4. The molecule has 1 N–H and O–H groups in total. The Morgan fingerprint density at radius 2 is 1.68 bits per heavy atom. The minimum absolute atomic E-state index is 0.206. The van der Waals surface area contributed by atoms with E-state index in [0.717, 1.165) is 21.2 Å². The van der Waals surface area contributed by atoms with Crippen molar-refractivity contribution in [3.05, 3.63) is 88.8 Å². The molecular formula is C27H26N2O6S2. The number of sulfonamides is 1. The van der Waals surface area contributed by atoms with Crippen molar-refractivity contribution >= 4 is 54.7 Å². The van der Waals surface area contributed by atoms with Crippen LogP contribution in [-0.4, -0.2) is 40.3 Å². The molecule has 0 spiro atoms. The highest BCUT2D eigenvalue weighted by atomic mass is 32.2. The second-order valence-corrected chi connectivity index (χ2v) is 11.4. The Labute approximate surface area is 219 Å². The fraction of sp³-hybridized carbons (Fsp3) is 0.185. The van der Waals surface area contributed by atoms with Gasteiger partial charge in [0.15, 0.2) is 6.61 Å². The number of methoxy groups -OCH3 is 1. The first kappa shape index (κ1) is 26.2. The number of benzene rings is 3. The standard InChI is InChI=1S/C27H26N2O6S2/c1-18-4-6-19(7-5-18)16-29(37(3,32)33)22-9-11-23(12-10-22)35-17-26(30)28-21-8-13-24-20(14-21)15-25(36-24)27(31)34-2/h4-15H,16-17H2,1-3H3,(H,28,30). The van der Waals surface area contributed by atoms with Gasteiger partial charge < -0.3 is 14.8 Å². The number of nitrogens with zero attached hydrogens (tertiary/aromatic N) is 1. The van der Waals surface area contributed by atoms with E-state index >= 15 is 0 Å². The molecule has 192 valence electrons. The zero-order valence-corrected chi connectivity index (χ0v) is 22.2. The molecule has 0 saturated carbocycles. The molecule has 10 heteroatoms. The summed E-state index contributed by atoms with van der Waals surface area (Å²) in [6.07, 6.45) is 1.17. The number of amides is 1. The van der Waals surface area contributed by atoms with Gasteiger partial charge in [-0.15, -0.1) is 11.3 Å². The van der Waals surface area contributed by atoms with E-state index in [1.165, 1.54) is 29.0 Å². The van der Waals surface area contributed by atoms with Crippen LogP contribution >= 0.6 is 11.3 Å². The van der Waals surface area contributed by atoms with Crippen LogP contribution in [0.1, 0.15) is 20.8 Å². The summed E-state index contributed by atoms with van der Waals surface area (Å²) in [5.74, 6) is -0.330. The highest BCUT2D eigenvalue weighted by molar-refractivity contribution is 7.92. The van der Waals surface area contributed by atoms with E-state index < -0.39 is 16.0 Å². The van der Waals surface area contributed by atoms with Gasteiger partial charge in [0.05, 0.1) is 25.6 Å². The fourth-order valence-electron chi connectivity index (χ4n) is 3.64. The summed E-state index contributed by atoms with van der Waals surface area (Å²) in [4.78, 5) is 24.6. The van der Waals surface area contributed by atoms with Crippen molar-refractivity contribution in [3.8, 4) is 5.75 Å². The molecule has 0 aliphatic carbocycles. The fourth-order valence-corrected chi connectivity index (χ4v) is 5.49. The number of aryl methyl sites for hydroxylation is 1. The number of rotatable bonds is 9. The number of hydrogen-bond donors (Lipinski definition) is 1. The zero-order valence-electron chi connectivity index (χ0n) is 20.6. The van der Waals surface area contributed by atoms with Crippen molar-refractivity contribution in [2.24, 2.45) is 0 Å². The predicted molar refractivity (Wildman–Crippen MR) is 146 cm³/mol. The van der Waals surface area contributed by atoms with Gasteiger partial charge in [-0.2, -0.15) is 0 Å². The van der Waals surface area contributed by atoms with E-state index in [9.17, 15) is 18.0 Å². The van der Waals surface area contributed by atoms with Gasteiger partial charge in [0.2, 0.25) is 10.0 Å². The molecule has 0 aliphatic rings. The number of carbonyl (C=O) groups is 2. The van der Waals surface area contributed by atoms with E-state index in [0.29, 0.717) is 22.0 Å². The summed E-state index contributed by atoms with van der Waals surface area (Å²) in [6.45, 7) is 1.95. The van der Waals surface area contributed by atoms with Crippen molar-refractivity contribution in [1.29, 1.82) is 0 Å². The van der Waals surface area contributed by atoms with E-state index in [2.05, 4.69) is 5.32 Å². The minimum atomic E-state index is -3.52. The average molecular weight is 539 g/mol. The van der Waals surface area contributed by atoms with Crippen molar-refractivity contribution in [2.45, 2.75) is 13.5 Å². The number of fused-ring (bicyclic) bond motifs is 1. The Bertz CT molecular complexity index is 1530. The number of esters is 1. The zero-order chi connectivity index (χ0) is 26.6. The highest BCUT2D eigenvalue weighted by Crippen LogP contribution is 2.29. The molecule has 3 aromatic carbocycles. The molecule has 0 atom stereocenters.